The SMILES string of the molecule is CNCCn1nnc(COc2ccc(C)cc2)n1. The van der Waals surface area contributed by atoms with Crippen LogP contribution >= 0.6 is 0 Å². The molecule has 2 aromatic rings. The highest BCUT2D eigenvalue weighted by Crippen LogP contribution is 2.12. The number of nitrogens with zero attached hydrogens (tertiary/aromatic N) is 4. The van der Waals surface area contributed by atoms with E-state index in [1.54, 1.807) is 4.80 Å². The van der Waals surface area contributed by atoms with Gasteiger partial charge in [0.2, 0.25) is 5.82 Å². The third-order valence-electron chi connectivity index (χ3n) is 2.44. The van der Waals surface area contributed by atoms with Crippen LogP contribution in [-0.2, 0) is 13.2 Å². The molecule has 18 heavy (non-hydrogen) atoms. The van der Waals surface area contributed by atoms with E-state index in [1.165, 1.54) is 5.56 Å². The van der Waals surface area contributed by atoms with Crippen molar-refractivity contribution in [2.75, 3.05) is 13.6 Å². The molecule has 1 aromatic heterocycles. The minimum absolute atomic E-state index is 0.336. The third-order valence-corrected chi connectivity index (χ3v) is 2.44. The van der Waals surface area contributed by atoms with Crippen LogP contribution in [-0.4, -0.2) is 33.8 Å². The maximum absolute atomic E-state index is 5.57. The second kappa shape index (κ2) is 6.11. The van der Waals surface area contributed by atoms with Gasteiger partial charge in [0.05, 0.1) is 6.54 Å². The zero-order valence-electron chi connectivity index (χ0n) is 10.6. The topological polar surface area (TPSA) is 64.9 Å². The van der Waals surface area contributed by atoms with Crippen LogP contribution in [0.1, 0.15) is 11.4 Å². The van der Waals surface area contributed by atoms with E-state index in [4.69, 9.17) is 4.74 Å². The summed E-state index contributed by atoms with van der Waals surface area (Å²) in [7, 11) is 1.89. The highest BCUT2D eigenvalue weighted by molar-refractivity contribution is 5.26. The molecule has 6 nitrogen and oxygen atoms in total. The Morgan fingerprint density at radius 1 is 1.28 bits per heavy atom. The second-order valence-corrected chi connectivity index (χ2v) is 4.01. The van der Waals surface area contributed by atoms with E-state index in [-0.39, 0.29) is 0 Å². The van der Waals surface area contributed by atoms with Crippen LogP contribution in [0.3, 0.4) is 0 Å². The number of tetrazole rings is 1. The largest absolute Gasteiger partial charge is 0.485 e. The van der Waals surface area contributed by atoms with Gasteiger partial charge in [-0.15, -0.1) is 10.2 Å². The van der Waals surface area contributed by atoms with Crippen LogP contribution < -0.4 is 10.1 Å². The maximum atomic E-state index is 5.57. The molecular formula is C12H17N5O. The van der Waals surface area contributed by atoms with Crippen molar-refractivity contribution in [3.8, 4) is 5.75 Å². The molecule has 96 valence electrons. The number of hydrogen-bond acceptors (Lipinski definition) is 5. The van der Waals surface area contributed by atoms with E-state index in [2.05, 4.69) is 20.7 Å². The van der Waals surface area contributed by atoms with E-state index in [9.17, 15) is 0 Å². The molecule has 0 atom stereocenters. The lowest BCUT2D eigenvalue weighted by Gasteiger charge is -2.02. The lowest BCUT2D eigenvalue weighted by atomic mass is 10.2. The van der Waals surface area contributed by atoms with Crippen molar-refractivity contribution in [1.29, 1.82) is 0 Å². The number of ether oxygens (including phenoxy) is 1. The maximum Gasteiger partial charge on any atom is 0.212 e. The van der Waals surface area contributed by atoms with Crippen LogP contribution in [0.2, 0.25) is 0 Å². The van der Waals surface area contributed by atoms with Crippen molar-refractivity contribution in [2.24, 2.45) is 0 Å². The predicted molar refractivity (Wildman–Crippen MR) is 67.3 cm³/mol. The van der Waals surface area contributed by atoms with Crippen LogP contribution in [0.5, 0.6) is 5.75 Å². The first-order valence-corrected chi connectivity index (χ1v) is 5.88. The first kappa shape index (κ1) is 12.5. The van der Waals surface area contributed by atoms with Crippen LogP contribution in [0.4, 0.5) is 0 Å². The molecule has 0 saturated carbocycles. The molecule has 1 N–H and O–H groups in total. The molecule has 0 aliphatic carbocycles. The van der Waals surface area contributed by atoms with Crippen molar-refractivity contribution in [3.63, 3.8) is 0 Å². The molecule has 0 aliphatic heterocycles. The molecule has 0 fully saturated rings. The van der Waals surface area contributed by atoms with E-state index in [0.717, 1.165) is 12.3 Å². The van der Waals surface area contributed by atoms with Gasteiger partial charge in [-0.25, -0.2) is 0 Å². The summed E-state index contributed by atoms with van der Waals surface area (Å²) >= 11 is 0. The fourth-order valence-corrected chi connectivity index (χ4v) is 1.42. The predicted octanol–water partition coefficient (Wildman–Crippen LogP) is 0.780. The van der Waals surface area contributed by atoms with Gasteiger partial charge in [-0.2, -0.15) is 4.80 Å². The number of rotatable bonds is 6. The average molecular weight is 247 g/mol. The van der Waals surface area contributed by atoms with Crippen LogP contribution in [0.15, 0.2) is 24.3 Å². The van der Waals surface area contributed by atoms with Gasteiger partial charge in [-0.05, 0) is 31.3 Å². The molecular weight excluding hydrogens is 230 g/mol. The smallest absolute Gasteiger partial charge is 0.212 e. The normalized spacial score (nSPS) is 10.6. The Kier molecular flexibility index (Phi) is 4.25. The highest BCUT2D eigenvalue weighted by Gasteiger charge is 2.03. The summed E-state index contributed by atoms with van der Waals surface area (Å²) in [5.74, 6) is 1.40. The number of hydrogen-bond donors (Lipinski definition) is 1. The average Bonchev–Trinajstić information content (AvgIpc) is 2.84. The molecule has 6 heteroatoms. The standard InChI is InChI=1S/C12H17N5O/c1-10-3-5-11(6-4-10)18-9-12-14-16-17(15-12)8-7-13-2/h3-6,13H,7-9H2,1-2H3. The molecule has 0 radical (unpaired) electrons. The first-order chi connectivity index (χ1) is 8.78. The summed E-state index contributed by atoms with van der Waals surface area (Å²) < 4.78 is 5.57. The Morgan fingerprint density at radius 2 is 2.06 bits per heavy atom. The quantitative estimate of drug-likeness (QED) is 0.817. The Bertz CT molecular complexity index is 479. The number of aryl methyl sites for hydroxylation is 1. The molecule has 0 unspecified atom stereocenters. The van der Waals surface area contributed by atoms with Crippen LogP contribution in [0.25, 0.3) is 0 Å². The van der Waals surface area contributed by atoms with Gasteiger partial charge in [0.15, 0.2) is 6.61 Å². The Hall–Kier alpha value is -1.95. The summed E-state index contributed by atoms with van der Waals surface area (Å²) in [5.41, 5.74) is 1.21. The fraction of sp³-hybridized carbons (Fsp3) is 0.417. The first-order valence-electron chi connectivity index (χ1n) is 5.88. The third kappa shape index (κ3) is 3.53. The van der Waals surface area contributed by atoms with Gasteiger partial charge in [-0.3, -0.25) is 0 Å². The molecule has 0 aliphatic rings. The molecule has 0 spiro atoms. The molecule has 1 heterocycles. The summed E-state index contributed by atoms with van der Waals surface area (Å²) in [6.45, 7) is 3.89. The minimum atomic E-state index is 0.336. The summed E-state index contributed by atoms with van der Waals surface area (Å²) in [4.78, 5) is 1.56. The lowest BCUT2D eigenvalue weighted by molar-refractivity contribution is 0.295. The van der Waals surface area contributed by atoms with Gasteiger partial charge in [0, 0.05) is 6.54 Å². The van der Waals surface area contributed by atoms with Gasteiger partial charge in [-0.1, -0.05) is 17.7 Å². The number of aromatic nitrogens is 4. The van der Waals surface area contributed by atoms with E-state index >= 15 is 0 Å². The van der Waals surface area contributed by atoms with Gasteiger partial charge in [0.1, 0.15) is 5.75 Å². The van der Waals surface area contributed by atoms with Gasteiger partial charge in [0.25, 0.3) is 0 Å². The summed E-state index contributed by atoms with van der Waals surface area (Å²) in [6, 6.07) is 7.88. The summed E-state index contributed by atoms with van der Waals surface area (Å²) in [6.07, 6.45) is 0. The molecule has 0 bridgehead atoms. The summed E-state index contributed by atoms with van der Waals surface area (Å²) in [5, 5.41) is 15.1. The van der Waals surface area contributed by atoms with Gasteiger partial charge < -0.3 is 10.1 Å². The van der Waals surface area contributed by atoms with Crippen molar-refractivity contribution in [2.45, 2.75) is 20.1 Å². The van der Waals surface area contributed by atoms with E-state index < -0.39 is 0 Å². The number of nitrogens with one attached hydrogen (secondary N) is 1. The zero-order chi connectivity index (χ0) is 12.8. The Labute approximate surface area is 106 Å². The molecule has 0 saturated heterocycles. The van der Waals surface area contributed by atoms with E-state index in [1.807, 2.05) is 38.2 Å². The highest BCUT2D eigenvalue weighted by atomic mass is 16.5. The number of benzene rings is 1. The molecule has 2 rings (SSSR count). The van der Waals surface area contributed by atoms with Crippen molar-refractivity contribution in [1.82, 2.24) is 25.5 Å². The van der Waals surface area contributed by atoms with Crippen LogP contribution in [0, 0.1) is 6.92 Å². The Balaban J connectivity index is 1.86. The Morgan fingerprint density at radius 3 is 2.78 bits per heavy atom. The second-order valence-electron chi connectivity index (χ2n) is 4.01. The van der Waals surface area contributed by atoms with Crippen molar-refractivity contribution in [3.05, 3.63) is 35.7 Å². The van der Waals surface area contributed by atoms with Crippen molar-refractivity contribution >= 4 is 0 Å². The fourth-order valence-electron chi connectivity index (χ4n) is 1.42. The van der Waals surface area contributed by atoms with Crippen molar-refractivity contribution < 1.29 is 4.74 Å². The molecule has 1 aromatic carbocycles. The lowest BCUT2D eigenvalue weighted by Crippen LogP contribution is -2.16. The monoisotopic (exact) mass is 247 g/mol. The number of likely N-dealkylation sites (N-methyl/N-ethyl adjacent to an activating group) is 1. The minimum Gasteiger partial charge on any atom is -0.485 e. The van der Waals surface area contributed by atoms with Gasteiger partial charge >= 0.3 is 0 Å². The van der Waals surface area contributed by atoms with E-state index in [0.29, 0.717) is 19.0 Å². The molecule has 0 amide bonds. The zero-order valence-corrected chi connectivity index (χ0v) is 10.6.